The minimum atomic E-state index is -0.838. The lowest BCUT2D eigenvalue weighted by atomic mass is 9.80. The summed E-state index contributed by atoms with van der Waals surface area (Å²) >= 11 is 0. The normalized spacial score (nSPS) is 27.0. The molecule has 0 aromatic heterocycles. The fourth-order valence-electron chi connectivity index (χ4n) is 2.06. The van der Waals surface area contributed by atoms with E-state index in [0.717, 1.165) is 24.8 Å². The van der Waals surface area contributed by atoms with E-state index < -0.39 is 5.60 Å². The highest BCUT2D eigenvalue weighted by Gasteiger charge is 2.30. The lowest BCUT2D eigenvalue weighted by Crippen LogP contribution is -2.27. The summed E-state index contributed by atoms with van der Waals surface area (Å²) in [5.74, 6) is -0.183. The Bertz CT molecular complexity index is 331. The Hall–Kier alpha value is -0.890. The first-order valence-corrected chi connectivity index (χ1v) is 4.61. The van der Waals surface area contributed by atoms with Crippen LogP contribution in [0.4, 0.5) is 4.39 Å². The summed E-state index contributed by atoms with van der Waals surface area (Å²) in [5, 5.41) is 9.98. The van der Waals surface area contributed by atoms with E-state index in [0.29, 0.717) is 5.56 Å². The predicted octanol–water partition coefficient (Wildman–Crippen LogP) is 2.37. The first kappa shape index (κ1) is 8.70. The van der Waals surface area contributed by atoms with Gasteiger partial charge < -0.3 is 5.11 Å². The Labute approximate surface area is 77.2 Å². The van der Waals surface area contributed by atoms with Crippen LogP contribution in [0.15, 0.2) is 18.2 Å². The average Bonchev–Trinajstić information content (AvgIpc) is 2.06. The van der Waals surface area contributed by atoms with Gasteiger partial charge >= 0.3 is 0 Å². The van der Waals surface area contributed by atoms with E-state index in [4.69, 9.17) is 0 Å². The fraction of sp³-hybridized carbons (Fsp3) is 0.455. The SMILES string of the molecule is CC1(O)CCCc2c(F)cccc21. The molecule has 0 spiro atoms. The Morgan fingerprint density at radius 2 is 2.23 bits per heavy atom. The van der Waals surface area contributed by atoms with E-state index >= 15 is 0 Å². The van der Waals surface area contributed by atoms with Crippen LogP contribution in [-0.4, -0.2) is 5.11 Å². The van der Waals surface area contributed by atoms with Gasteiger partial charge in [-0.1, -0.05) is 12.1 Å². The molecule has 1 aliphatic rings. The molecule has 13 heavy (non-hydrogen) atoms. The fourth-order valence-corrected chi connectivity index (χ4v) is 2.06. The molecule has 1 aromatic carbocycles. The van der Waals surface area contributed by atoms with Crippen molar-refractivity contribution < 1.29 is 9.50 Å². The third-order valence-corrected chi connectivity index (χ3v) is 2.79. The molecule has 0 saturated heterocycles. The second-order valence-corrected chi connectivity index (χ2v) is 3.89. The van der Waals surface area contributed by atoms with Crippen molar-refractivity contribution in [3.8, 4) is 0 Å². The molecular weight excluding hydrogens is 167 g/mol. The van der Waals surface area contributed by atoms with Gasteiger partial charge in [-0.15, -0.1) is 0 Å². The molecular formula is C11H13FO. The molecule has 0 radical (unpaired) electrons. The predicted molar refractivity (Wildman–Crippen MR) is 48.9 cm³/mol. The van der Waals surface area contributed by atoms with E-state index in [1.165, 1.54) is 6.07 Å². The zero-order valence-electron chi connectivity index (χ0n) is 7.68. The van der Waals surface area contributed by atoms with Crippen molar-refractivity contribution in [3.63, 3.8) is 0 Å². The molecule has 1 atom stereocenters. The maximum atomic E-state index is 13.3. The summed E-state index contributed by atoms with van der Waals surface area (Å²) in [6.07, 6.45) is 2.34. The Balaban J connectivity index is 2.58. The first-order chi connectivity index (χ1) is 6.11. The molecule has 0 saturated carbocycles. The zero-order valence-corrected chi connectivity index (χ0v) is 7.68. The lowest BCUT2D eigenvalue weighted by Gasteiger charge is -2.31. The quantitative estimate of drug-likeness (QED) is 0.649. The molecule has 1 aliphatic carbocycles. The Kier molecular flexibility index (Phi) is 1.88. The van der Waals surface area contributed by atoms with Gasteiger partial charge in [0.25, 0.3) is 0 Å². The summed E-state index contributed by atoms with van der Waals surface area (Å²) in [6.45, 7) is 1.75. The molecule has 0 bridgehead atoms. The van der Waals surface area contributed by atoms with E-state index in [2.05, 4.69) is 0 Å². The van der Waals surface area contributed by atoms with Crippen LogP contribution in [0.3, 0.4) is 0 Å². The number of fused-ring (bicyclic) bond motifs is 1. The van der Waals surface area contributed by atoms with Gasteiger partial charge in [0.2, 0.25) is 0 Å². The minimum Gasteiger partial charge on any atom is -0.385 e. The van der Waals surface area contributed by atoms with Crippen molar-refractivity contribution in [2.45, 2.75) is 31.8 Å². The van der Waals surface area contributed by atoms with Gasteiger partial charge in [-0.25, -0.2) is 4.39 Å². The van der Waals surface area contributed by atoms with Gasteiger partial charge in [0, 0.05) is 0 Å². The van der Waals surface area contributed by atoms with Crippen molar-refractivity contribution in [2.24, 2.45) is 0 Å². The third kappa shape index (κ3) is 1.35. The molecule has 0 fully saturated rings. The Morgan fingerprint density at radius 1 is 1.46 bits per heavy atom. The first-order valence-electron chi connectivity index (χ1n) is 4.61. The van der Waals surface area contributed by atoms with Crippen LogP contribution >= 0.6 is 0 Å². The maximum absolute atomic E-state index is 13.3. The highest BCUT2D eigenvalue weighted by atomic mass is 19.1. The molecule has 70 valence electrons. The third-order valence-electron chi connectivity index (χ3n) is 2.79. The van der Waals surface area contributed by atoms with Crippen molar-refractivity contribution in [2.75, 3.05) is 0 Å². The number of hydrogen-bond acceptors (Lipinski definition) is 1. The van der Waals surface area contributed by atoms with Crippen molar-refractivity contribution >= 4 is 0 Å². The van der Waals surface area contributed by atoms with E-state index in [9.17, 15) is 9.50 Å². The highest BCUT2D eigenvalue weighted by molar-refractivity contribution is 5.35. The minimum absolute atomic E-state index is 0.183. The van der Waals surface area contributed by atoms with Crippen molar-refractivity contribution in [1.29, 1.82) is 0 Å². The van der Waals surface area contributed by atoms with Crippen LogP contribution in [0, 0.1) is 5.82 Å². The van der Waals surface area contributed by atoms with Crippen LogP contribution in [0.5, 0.6) is 0 Å². The van der Waals surface area contributed by atoms with Crippen LogP contribution in [0.25, 0.3) is 0 Å². The molecule has 2 rings (SSSR count). The highest BCUT2D eigenvalue weighted by Crippen LogP contribution is 2.35. The van der Waals surface area contributed by atoms with Gasteiger partial charge in [0.05, 0.1) is 5.60 Å². The second-order valence-electron chi connectivity index (χ2n) is 3.89. The zero-order chi connectivity index (χ0) is 9.47. The van der Waals surface area contributed by atoms with Gasteiger partial charge in [-0.2, -0.15) is 0 Å². The average molecular weight is 180 g/mol. The molecule has 1 unspecified atom stereocenters. The molecule has 1 N–H and O–H groups in total. The van der Waals surface area contributed by atoms with Crippen LogP contribution in [-0.2, 0) is 12.0 Å². The van der Waals surface area contributed by atoms with Crippen LogP contribution < -0.4 is 0 Å². The molecule has 0 heterocycles. The van der Waals surface area contributed by atoms with Crippen LogP contribution in [0.2, 0.25) is 0 Å². The molecule has 0 aliphatic heterocycles. The lowest BCUT2D eigenvalue weighted by molar-refractivity contribution is 0.0380. The number of aliphatic hydroxyl groups is 1. The van der Waals surface area contributed by atoms with Gasteiger partial charge in [-0.05, 0) is 43.4 Å². The van der Waals surface area contributed by atoms with Gasteiger partial charge in [-0.3, -0.25) is 0 Å². The summed E-state index contributed by atoms with van der Waals surface area (Å²) in [5.41, 5.74) is 0.618. The standard InChI is InChI=1S/C11H13FO/c1-11(13)7-3-4-8-9(11)5-2-6-10(8)12/h2,5-6,13H,3-4,7H2,1H3. The van der Waals surface area contributed by atoms with Crippen LogP contribution in [0.1, 0.15) is 30.9 Å². The summed E-state index contributed by atoms with van der Waals surface area (Å²) < 4.78 is 13.3. The summed E-state index contributed by atoms with van der Waals surface area (Å²) in [7, 11) is 0. The smallest absolute Gasteiger partial charge is 0.126 e. The van der Waals surface area contributed by atoms with E-state index in [-0.39, 0.29) is 5.82 Å². The molecule has 1 aromatic rings. The van der Waals surface area contributed by atoms with Gasteiger partial charge in [0.1, 0.15) is 5.82 Å². The molecule has 1 nitrogen and oxygen atoms in total. The number of benzene rings is 1. The summed E-state index contributed by atoms with van der Waals surface area (Å²) in [4.78, 5) is 0. The number of halogens is 1. The largest absolute Gasteiger partial charge is 0.385 e. The van der Waals surface area contributed by atoms with E-state index in [1.54, 1.807) is 13.0 Å². The maximum Gasteiger partial charge on any atom is 0.126 e. The molecule has 2 heteroatoms. The summed E-state index contributed by atoms with van der Waals surface area (Å²) in [6, 6.07) is 4.94. The Morgan fingerprint density at radius 3 is 2.92 bits per heavy atom. The molecule has 0 amide bonds. The van der Waals surface area contributed by atoms with Crippen molar-refractivity contribution in [3.05, 3.63) is 35.1 Å². The number of hydrogen-bond donors (Lipinski definition) is 1. The van der Waals surface area contributed by atoms with E-state index in [1.807, 2.05) is 6.07 Å². The van der Waals surface area contributed by atoms with Gasteiger partial charge in [0.15, 0.2) is 0 Å². The van der Waals surface area contributed by atoms with Crippen molar-refractivity contribution in [1.82, 2.24) is 0 Å². The number of rotatable bonds is 0. The topological polar surface area (TPSA) is 20.2 Å². The second kappa shape index (κ2) is 2.81. The monoisotopic (exact) mass is 180 g/mol.